The number of aromatic nitrogens is 2. The van der Waals surface area contributed by atoms with Crippen LogP contribution >= 0.6 is 0 Å². The molecule has 5 nitrogen and oxygen atoms in total. The maximum atomic E-state index is 13.3. The number of fused-ring (bicyclic) bond motifs is 1. The molecule has 160 valence electrons. The van der Waals surface area contributed by atoms with E-state index in [4.69, 9.17) is 4.74 Å². The Hall–Kier alpha value is -3.15. The fourth-order valence-electron chi connectivity index (χ4n) is 4.62. The minimum atomic E-state index is -0.766. The summed E-state index contributed by atoms with van der Waals surface area (Å²) in [4.78, 5) is 13.3. The molecule has 0 saturated carbocycles. The van der Waals surface area contributed by atoms with Crippen molar-refractivity contribution in [2.45, 2.75) is 31.4 Å². The molecule has 1 unspecified atom stereocenters. The summed E-state index contributed by atoms with van der Waals surface area (Å²) in [7, 11) is 0. The van der Waals surface area contributed by atoms with Crippen LogP contribution in [-0.4, -0.2) is 22.0 Å². The van der Waals surface area contributed by atoms with E-state index in [1.165, 1.54) is 5.56 Å². The Morgan fingerprint density at radius 2 is 1.58 bits per heavy atom. The summed E-state index contributed by atoms with van der Waals surface area (Å²) in [6, 6.07) is 24.2. The summed E-state index contributed by atoms with van der Waals surface area (Å²) in [5.74, 6) is -0.166. The van der Waals surface area contributed by atoms with Gasteiger partial charge in [-0.2, -0.15) is 0 Å². The molecule has 31 heavy (non-hydrogen) atoms. The Labute approximate surface area is 187 Å². The largest absolute Gasteiger partial charge is 1.00 e. The summed E-state index contributed by atoms with van der Waals surface area (Å²) in [5, 5.41) is 0. The van der Waals surface area contributed by atoms with E-state index < -0.39 is 5.41 Å². The van der Waals surface area contributed by atoms with Gasteiger partial charge in [0.2, 0.25) is 0 Å². The maximum Gasteiger partial charge on any atom is 0.321 e. The predicted octanol–water partition coefficient (Wildman–Crippen LogP) is 0.0163. The minimum Gasteiger partial charge on any atom is -1.00 e. The molecule has 1 saturated heterocycles. The minimum absolute atomic E-state index is 0. The number of aryl methyl sites for hydroxylation is 1. The summed E-state index contributed by atoms with van der Waals surface area (Å²) in [5.41, 5.74) is 3.53. The number of ether oxygens (including phenoxy) is 1. The first-order chi connectivity index (χ1) is 14.2. The molecule has 0 spiro atoms. The second-order valence-electron chi connectivity index (χ2n) is 7.74. The number of esters is 1. The fourth-order valence-corrected chi connectivity index (χ4v) is 4.62. The van der Waals surface area contributed by atoms with Gasteiger partial charge in [0, 0.05) is 12.0 Å². The molecule has 3 heterocycles. The van der Waals surface area contributed by atoms with Crippen molar-refractivity contribution in [1.29, 1.82) is 0 Å². The number of pyridine rings is 1. The lowest BCUT2D eigenvalue weighted by Crippen LogP contribution is -3.00. The van der Waals surface area contributed by atoms with Crippen molar-refractivity contribution >= 4 is 11.6 Å². The molecule has 1 fully saturated rings. The predicted molar refractivity (Wildman–Crippen MR) is 114 cm³/mol. The number of rotatable bonds is 4. The average molecular weight is 437 g/mol. The van der Waals surface area contributed by atoms with Gasteiger partial charge in [-0.25, -0.2) is 8.97 Å². The van der Waals surface area contributed by atoms with E-state index in [0.29, 0.717) is 13.0 Å². The monoisotopic (exact) mass is 436 g/mol. The normalized spacial score (nSPS) is 16.9. The van der Waals surface area contributed by atoms with Crippen molar-refractivity contribution in [3.05, 3.63) is 108 Å². The van der Waals surface area contributed by atoms with E-state index in [2.05, 4.69) is 28.2 Å². The third-order valence-corrected chi connectivity index (χ3v) is 5.96. The molecule has 6 heteroatoms. The number of hydrogen-bond acceptors (Lipinski definition) is 2. The number of halogens is 1. The van der Waals surface area contributed by atoms with Crippen LogP contribution in [0.5, 0.6) is 0 Å². The highest BCUT2D eigenvalue weighted by Crippen LogP contribution is 2.43. The molecule has 0 bridgehead atoms. The molecule has 1 aliphatic heterocycles. The van der Waals surface area contributed by atoms with Gasteiger partial charge < -0.3 is 22.6 Å². The lowest BCUT2D eigenvalue weighted by atomic mass is 9.72. The summed E-state index contributed by atoms with van der Waals surface area (Å²) >= 11 is 0. The van der Waals surface area contributed by atoms with Gasteiger partial charge >= 0.3 is 5.97 Å². The van der Waals surface area contributed by atoms with E-state index in [1.807, 2.05) is 79.1 Å². The first-order valence-electron chi connectivity index (χ1n) is 9.96. The van der Waals surface area contributed by atoms with E-state index in [1.54, 1.807) is 0 Å². The Bertz CT molecular complexity index is 1140. The number of hydrogen-bond donors (Lipinski definition) is 0. The van der Waals surface area contributed by atoms with Gasteiger partial charge in [0.05, 0.1) is 6.20 Å². The van der Waals surface area contributed by atoms with Crippen molar-refractivity contribution in [2.75, 3.05) is 0 Å². The highest BCUT2D eigenvalue weighted by molar-refractivity contribution is 5.89. The van der Waals surface area contributed by atoms with E-state index in [-0.39, 0.29) is 30.0 Å². The van der Waals surface area contributed by atoms with Crippen LogP contribution in [0.25, 0.3) is 5.65 Å². The Balaban J connectivity index is 0.00000136. The summed E-state index contributed by atoms with van der Waals surface area (Å²) in [6.07, 6.45) is 6.56. The summed E-state index contributed by atoms with van der Waals surface area (Å²) in [6.45, 7) is 2.74. The lowest BCUT2D eigenvalue weighted by Gasteiger charge is -2.26. The molecule has 2 aromatic carbocycles. The average Bonchev–Trinajstić information content (AvgIpc) is 3.32. The molecule has 2 aromatic heterocycles. The first-order valence-corrected chi connectivity index (χ1v) is 9.96. The van der Waals surface area contributed by atoms with Crippen LogP contribution in [0.4, 0.5) is 0 Å². The van der Waals surface area contributed by atoms with Crippen LogP contribution in [0.2, 0.25) is 0 Å². The molecule has 4 aromatic rings. The molecular formula is C25H25ClN2O3. The van der Waals surface area contributed by atoms with Gasteiger partial charge in [-0.05, 0) is 30.2 Å². The summed E-state index contributed by atoms with van der Waals surface area (Å²) < 4.78 is 10.3. The van der Waals surface area contributed by atoms with E-state index in [9.17, 15) is 4.79 Å². The molecule has 2 N–H and O–H groups in total. The van der Waals surface area contributed by atoms with Gasteiger partial charge in [-0.3, -0.25) is 4.79 Å². The Morgan fingerprint density at radius 1 is 0.968 bits per heavy atom. The Morgan fingerprint density at radius 3 is 2.19 bits per heavy atom. The van der Waals surface area contributed by atoms with Crippen LogP contribution in [-0.2, 0) is 21.5 Å². The number of cyclic esters (lactones) is 1. The Kier molecular flexibility index (Phi) is 6.48. The highest BCUT2D eigenvalue weighted by Gasteiger charge is 2.52. The van der Waals surface area contributed by atoms with Crippen molar-refractivity contribution in [1.82, 2.24) is 4.40 Å². The zero-order chi connectivity index (χ0) is 19.8. The fraction of sp³-hybridized carbons (Fsp3) is 0.200. The standard InChI is InChI=1S/C25H23N2O2.ClH.H2O/c1-19-9-8-14-26-15-16-27(23(19)26)18-22-17-25(24(28)29-22,20-10-4-2-5-11-20)21-12-6-3-7-13-21;;/h2-16,22H,17-18H2,1H3;1H;1H2/q+1;;/p-1. The number of carbonyl (C=O) groups is 1. The van der Waals surface area contributed by atoms with Crippen LogP contribution in [0.15, 0.2) is 91.4 Å². The third kappa shape index (κ3) is 3.71. The molecule has 0 radical (unpaired) electrons. The number of imidazole rings is 1. The second-order valence-corrected chi connectivity index (χ2v) is 7.74. The molecule has 1 aliphatic rings. The van der Waals surface area contributed by atoms with Crippen LogP contribution < -0.4 is 17.0 Å². The molecular weight excluding hydrogens is 412 g/mol. The molecule has 5 rings (SSSR count). The molecule has 0 amide bonds. The zero-order valence-electron chi connectivity index (χ0n) is 17.2. The SMILES string of the molecule is Cc1cccn2cc[n+](CC3CC(c4ccccc4)(c4ccccc4)C(=O)O3)c12.O.[Cl-]. The van der Waals surface area contributed by atoms with Gasteiger partial charge in [0.15, 0.2) is 0 Å². The van der Waals surface area contributed by atoms with Gasteiger partial charge in [-0.15, -0.1) is 0 Å². The van der Waals surface area contributed by atoms with Crippen molar-refractivity contribution < 1.29 is 32.0 Å². The van der Waals surface area contributed by atoms with Crippen molar-refractivity contribution in [2.24, 2.45) is 0 Å². The smallest absolute Gasteiger partial charge is 0.321 e. The molecule has 0 aliphatic carbocycles. The number of benzene rings is 2. The quantitative estimate of drug-likeness (QED) is 0.334. The number of nitrogens with zero attached hydrogens (tertiary/aromatic N) is 2. The van der Waals surface area contributed by atoms with Crippen LogP contribution in [0.3, 0.4) is 0 Å². The first kappa shape index (κ1) is 22.5. The van der Waals surface area contributed by atoms with Gasteiger partial charge in [0.1, 0.15) is 30.5 Å². The van der Waals surface area contributed by atoms with Crippen molar-refractivity contribution in [3.8, 4) is 0 Å². The van der Waals surface area contributed by atoms with Crippen molar-refractivity contribution in [3.63, 3.8) is 0 Å². The number of carbonyl (C=O) groups excluding carboxylic acids is 1. The van der Waals surface area contributed by atoms with Crippen LogP contribution in [0.1, 0.15) is 23.1 Å². The molecule has 1 atom stereocenters. The highest BCUT2D eigenvalue weighted by atomic mass is 35.5. The van der Waals surface area contributed by atoms with E-state index >= 15 is 0 Å². The maximum absolute atomic E-state index is 13.3. The van der Waals surface area contributed by atoms with Crippen LogP contribution in [0, 0.1) is 6.92 Å². The van der Waals surface area contributed by atoms with E-state index in [0.717, 1.165) is 16.8 Å². The lowest BCUT2D eigenvalue weighted by molar-refractivity contribution is -0.677. The van der Waals surface area contributed by atoms with Gasteiger partial charge in [-0.1, -0.05) is 60.7 Å². The third-order valence-electron chi connectivity index (χ3n) is 5.96. The topological polar surface area (TPSA) is 66.1 Å². The second kappa shape index (κ2) is 8.92. The zero-order valence-corrected chi connectivity index (χ0v) is 18.0. The van der Waals surface area contributed by atoms with Gasteiger partial charge in [0.25, 0.3) is 5.65 Å².